The van der Waals surface area contributed by atoms with E-state index < -0.39 is 53.9 Å². The summed E-state index contributed by atoms with van der Waals surface area (Å²) in [6.45, 7) is 14.4. The summed E-state index contributed by atoms with van der Waals surface area (Å²) in [5, 5.41) is 0. The number of unbranched alkanes of at least 4 members (excludes halogenated alkanes) is 6. The van der Waals surface area contributed by atoms with Gasteiger partial charge in [0.05, 0.1) is 51.9 Å². The smallest absolute Gasteiger partial charge is 0.395 e. The van der Waals surface area contributed by atoms with Gasteiger partial charge in [-0.2, -0.15) is 0 Å². The molecule has 0 aromatic heterocycles. The zero-order chi connectivity index (χ0) is 72.4. The lowest BCUT2D eigenvalue weighted by atomic mass is 9.89. The first-order valence-electron chi connectivity index (χ1n) is 33.6. The Kier molecular flexibility index (Phi) is 44.0. The van der Waals surface area contributed by atoms with Crippen LogP contribution in [-0.2, 0) is 90.8 Å². The summed E-state index contributed by atoms with van der Waals surface area (Å²) >= 11 is 0. The maximum atomic E-state index is 13.6. The molecule has 3 saturated carbocycles. The summed E-state index contributed by atoms with van der Waals surface area (Å²) in [5.41, 5.74) is 0. The van der Waals surface area contributed by atoms with Gasteiger partial charge < -0.3 is 31.7 Å². The van der Waals surface area contributed by atoms with Crippen molar-refractivity contribution in [2.24, 2.45) is 17.8 Å². The van der Waals surface area contributed by atoms with Gasteiger partial charge in [-0.1, -0.05) is 119 Å². The fraction of sp³-hybridized carbons (Fsp3) is 0.642. The van der Waals surface area contributed by atoms with Gasteiger partial charge in [-0.05, 0) is 189 Å². The summed E-state index contributed by atoms with van der Waals surface area (Å²) < 4.78 is 173. The molecule has 31 heteroatoms. The molecule has 3 fully saturated rings. The molecule has 0 spiro atoms. The largest absolute Gasteiger partial charge is 0.587 e. The minimum absolute atomic E-state index is 0. The summed E-state index contributed by atoms with van der Waals surface area (Å²) in [6.07, 6.45) is 18.6. The molecule has 24 nitrogen and oxygen atoms in total. The molecule has 0 unspecified atom stereocenters. The van der Waals surface area contributed by atoms with Crippen LogP contribution in [0.1, 0.15) is 153 Å². The minimum atomic E-state index is -3.91. The molecule has 3 aliphatic rings. The van der Waals surface area contributed by atoms with E-state index in [4.69, 9.17) is 49.8 Å². The standard InChI is InChI=1S/C30H32O8P2.C21H39O4P.C10H24O8P2.C3H9O3P.C3H9OP.3H2/c31-39(35-27-17-7-3-8-18-27,36-28-19-9-4-10-20-28)33-25-15-1-2-16-26-34-40(32,37-29-21-11-5-12-22-29)38-30-23-13-6-14-24-30;1-16-4-10-19(11-5-16)23-26(22,24-20-12-6-17(2)7-13-20)25-21-14-8-18(3)9-15-21;1-13-19(11,14-2)17-9-7-5-6-8-10-18-20(12,15-3)16-4;1-5-7(3,4)6-2;1-5(2,3)4;;;/h3-14,17-24H,1-2,15-16,25-26H2;16-21H,4-15H2,1-3H3;5-10H2,1-4H3;1-3H3;1-3H3;3*1H. The number of phosphoric ester groups is 5. The highest BCUT2D eigenvalue weighted by Crippen LogP contribution is 2.58. The molecular formula is C67H119O24P7. The van der Waals surface area contributed by atoms with E-state index in [0.29, 0.717) is 48.7 Å². The van der Waals surface area contributed by atoms with Gasteiger partial charge in [0.1, 0.15) is 23.0 Å². The number of hydrogen-bond donors (Lipinski definition) is 0. The zero-order valence-electron chi connectivity index (χ0n) is 59.9. The van der Waals surface area contributed by atoms with Crippen LogP contribution in [-0.4, -0.2) is 114 Å². The fourth-order valence-electron chi connectivity index (χ4n) is 9.47. The van der Waals surface area contributed by atoms with Crippen molar-refractivity contribution in [1.29, 1.82) is 0 Å². The second kappa shape index (κ2) is 48.2. The van der Waals surface area contributed by atoms with E-state index in [1.165, 1.54) is 49.3 Å². The van der Waals surface area contributed by atoms with Crippen LogP contribution in [0, 0.1) is 17.8 Å². The van der Waals surface area contributed by atoms with Crippen molar-refractivity contribution >= 4 is 53.9 Å². The van der Waals surface area contributed by atoms with Crippen LogP contribution in [0.2, 0.25) is 0 Å². The van der Waals surface area contributed by atoms with Crippen LogP contribution in [0.25, 0.3) is 0 Å². The van der Waals surface area contributed by atoms with Crippen LogP contribution >= 0.6 is 53.9 Å². The van der Waals surface area contributed by atoms with Crippen LogP contribution in [0.3, 0.4) is 0 Å². The average Bonchev–Trinajstić information content (AvgIpc) is 0.839. The normalized spacial score (nSPS) is 19.8. The van der Waals surface area contributed by atoms with Gasteiger partial charge in [-0.3, -0.25) is 54.3 Å². The van der Waals surface area contributed by atoms with E-state index >= 15 is 0 Å². The molecule has 0 amide bonds. The van der Waals surface area contributed by atoms with E-state index in [9.17, 15) is 32.0 Å². The number of phosphoric acid groups is 5. The first kappa shape index (κ1) is 89.4. The fourth-order valence-corrected chi connectivity index (χ4v) is 15.4. The molecule has 0 heterocycles. The summed E-state index contributed by atoms with van der Waals surface area (Å²) in [5.74, 6) is 3.79. The third-order valence-electron chi connectivity index (χ3n) is 15.2. The van der Waals surface area contributed by atoms with Gasteiger partial charge in [0.25, 0.3) is 0 Å². The number of para-hydroxylation sites is 4. The molecular weight excluding hydrogens is 1410 g/mol. The maximum absolute atomic E-state index is 13.6. The Morgan fingerprint density at radius 1 is 0.296 bits per heavy atom. The van der Waals surface area contributed by atoms with E-state index in [0.717, 1.165) is 120 Å². The van der Waals surface area contributed by atoms with E-state index in [-0.39, 0.29) is 49.0 Å². The van der Waals surface area contributed by atoms with Gasteiger partial charge >= 0.3 is 46.7 Å². The molecule has 0 atom stereocenters. The number of rotatable bonds is 38. The lowest BCUT2D eigenvalue weighted by Gasteiger charge is -2.35. The number of hydrogen-bond acceptors (Lipinski definition) is 24. The molecule has 0 radical (unpaired) electrons. The van der Waals surface area contributed by atoms with Crippen molar-refractivity contribution in [1.82, 2.24) is 0 Å². The molecule has 98 heavy (non-hydrogen) atoms. The molecule has 3 aliphatic carbocycles. The van der Waals surface area contributed by atoms with Crippen LogP contribution in [0.15, 0.2) is 121 Å². The van der Waals surface area contributed by atoms with Gasteiger partial charge in [-0.15, -0.1) is 0 Å². The molecule has 4 aromatic carbocycles. The molecule has 0 saturated heterocycles. The average molecular weight is 1530 g/mol. The predicted molar refractivity (Wildman–Crippen MR) is 392 cm³/mol. The lowest BCUT2D eigenvalue weighted by molar-refractivity contribution is -0.00178. The Bertz CT molecular complexity index is 2750. The highest BCUT2D eigenvalue weighted by atomic mass is 31.2. The second-order valence-corrected chi connectivity index (χ2v) is 39.1. The Hall–Kier alpha value is -2.83. The topological polar surface area (TPSA) is 276 Å². The minimum Gasteiger partial charge on any atom is -0.395 e. The van der Waals surface area contributed by atoms with Gasteiger partial charge in [-0.25, -0.2) is 22.8 Å². The van der Waals surface area contributed by atoms with Gasteiger partial charge in [0.2, 0.25) is 0 Å². The zero-order valence-corrected chi connectivity index (χ0v) is 66.2. The van der Waals surface area contributed by atoms with Gasteiger partial charge in [0.15, 0.2) is 0 Å². The molecule has 4 aromatic rings. The maximum Gasteiger partial charge on any atom is 0.587 e. The highest BCUT2D eigenvalue weighted by molar-refractivity contribution is 7.61. The first-order chi connectivity index (χ1) is 46.5. The van der Waals surface area contributed by atoms with Crippen molar-refractivity contribution in [3.05, 3.63) is 121 Å². The first-order valence-corrected chi connectivity index (χ1v) is 45.9. The Balaban J connectivity index is 0.00000142. The van der Waals surface area contributed by atoms with Crippen molar-refractivity contribution in [3.63, 3.8) is 0 Å². The highest BCUT2D eigenvalue weighted by Gasteiger charge is 2.40. The SMILES string of the molecule is CC1CCC(OP(=O)(OC2CCC(C)CC2)OC2CCC(C)CC2)CC1.COP(=O)(OC)OCCCCCCOP(=O)(OC)OC.COP(C)(=O)OC.CP(C)(C)=O.O=P(OCCCCCCOP(=O)(Oc1ccccc1)Oc1ccccc1)(Oc1ccccc1)Oc1ccccc1.[HH].[HH].[HH]. The molecule has 7 rings (SSSR count). The Morgan fingerprint density at radius 2 is 0.500 bits per heavy atom. The predicted octanol–water partition coefficient (Wildman–Crippen LogP) is 22.5. The Labute approximate surface area is 589 Å². The van der Waals surface area contributed by atoms with Crippen LogP contribution in [0.5, 0.6) is 23.0 Å². The van der Waals surface area contributed by atoms with Crippen molar-refractivity contribution < 1.29 is 113 Å². The molecule has 0 bridgehead atoms. The lowest BCUT2D eigenvalue weighted by Crippen LogP contribution is -2.27. The van der Waals surface area contributed by atoms with Crippen molar-refractivity contribution in [2.45, 2.75) is 167 Å². The summed E-state index contributed by atoms with van der Waals surface area (Å²) in [7, 11) is -14.5. The third-order valence-corrected chi connectivity index (χ3v) is 23.7. The molecule has 0 aliphatic heterocycles. The van der Waals surface area contributed by atoms with Crippen molar-refractivity contribution in [3.8, 4) is 23.0 Å². The third kappa shape index (κ3) is 41.5. The van der Waals surface area contributed by atoms with Gasteiger partial charge in [0, 0.05) is 53.6 Å². The molecule has 0 N–H and O–H groups in total. The summed E-state index contributed by atoms with van der Waals surface area (Å²) in [6, 6.07) is 35.0. The number of benzene rings is 4. The quantitative estimate of drug-likeness (QED) is 0.0298. The Morgan fingerprint density at radius 3 is 0.684 bits per heavy atom. The summed E-state index contributed by atoms with van der Waals surface area (Å²) in [4.78, 5) is 0. The van der Waals surface area contributed by atoms with Crippen LogP contribution < -0.4 is 18.1 Å². The molecule has 566 valence electrons. The van der Waals surface area contributed by atoms with E-state index in [2.05, 4.69) is 47.9 Å². The van der Waals surface area contributed by atoms with Crippen molar-refractivity contribution in [2.75, 3.05) is 95.7 Å². The van der Waals surface area contributed by atoms with Crippen LogP contribution in [0.4, 0.5) is 0 Å². The van der Waals surface area contributed by atoms with E-state index in [1.807, 2.05) is 24.3 Å². The second-order valence-electron chi connectivity index (χ2n) is 24.7. The van der Waals surface area contributed by atoms with E-state index in [1.54, 1.807) is 117 Å². The monoisotopic (exact) mass is 1520 g/mol.